The summed E-state index contributed by atoms with van der Waals surface area (Å²) in [6.45, 7) is 2.86. The van der Waals surface area contributed by atoms with Crippen LogP contribution in [0, 0.1) is 0 Å². The van der Waals surface area contributed by atoms with Crippen LogP contribution in [0.2, 0.25) is 5.82 Å². The van der Waals surface area contributed by atoms with Crippen molar-refractivity contribution in [3.63, 3.8) is 0 Å². The summed E-state index contributed by atoms with van der Waals surface area (Å²) in [6, 6.07) is 53.0. The number of hydrogen-bond acceptors (Lipinski definition) is 1. The number of benzene rings is 5. The van der Waals surface area contributed by atoms with Crippen molar-refractivity contribution in [3.05, 3.63) is 181 Å². The first kappa shape index (κ1) is 30.6. The SMILES string of the molecule is CCCCc1ccc([SiH2]C(c2ccccc2)(c2ccccc2)n2ccnc2)cc1.c1ccc(B(c2ccccc2)C2CC2)cc1. The number of imidazole rings is 1. The molecule has 1 aromatic heterocycles. The standard InChI is InChI=1S/C26H28N2Si.C15H15B/c1-2-3-10-22-15-17-25(18-16-22)29-26(28-20-19-27-21-28,23-11-6-4-7-12-23)24-13-8-5-9-14-24;1-3-7-13(8-4-1)16(15-11-12-15)14-9-5-2-6-10-14/h4-9,11-21H,2-3,10,29H2,1H3;1-10,15H,11-12H2. The molecule has 0 radical (unpaired) electrons. The molecule has 6 aromatic rings. The maximum atomic E-state index is 4.41. The second-order valence-corrected chi connectivity index (χ2v) is 14.5. The van der Waals surface area contributed by atoms with E-state index < -0.39 is 9.52 Å². The fourth-order valence-corrected chi connectivity index (χ4v) is 8.97. The lowest BCUT2D eigenvalue weighted by atomic mass is 9.37. The molecule has 2 nitrogen and oxygen atoms in total. The van der Waals surface area contributed by atoms with E-state index in [9.17, 15) is 0 Å². The highest BCUT2D eigenvalue weighted by molar-refractivity contribution is 6.86. The Labute approximate surface area is 272 Å². The summed E-state index contributed by atoms with van der Waals surface area (Å²) < 4.78 is 2.31. The van der Waals surface area contributed by atoms with Crippen LogP contribution in [0.25, 0.3) is 0 Å². The molecule has 1 aliphatic carbocycles. The van der Waals surface area contributed by atoms with Crippen LogP contribution >= 0.6 is 0 Å². The number of aromatic nitrogens is 2. The molecule has 5 aromatic carbocycles. The zero-order valence-electron chi connectivity index (χ0n) is 26.4. The Morgan fingerprint density at radius 1 is 0.689 bits per heavy atom. The molecule has 0 saturated heterocycles. The quantitative estimate of drug-likeness (QED) is 0.147. The largest absolute Gasteiger partial charge is 0.326 e. The fourth-order valence-electron chi connectivity index (χ4n) is 6.66. The summed E-state index contributed by atoms with van der Waals surface area (Å²) in [6.07, 6.45) is 12.4. The predicted molar refractivity (Wildman–Crippen MR) is 195 cm³/mol. The van der Waals surface area contributed by atoms with Crippen molar-refractivity contribution in [2.75, 3.05) is 0 Å². The lowest BCUT2D eigenvalue weighted by Crippen LogP contribution is -2.46. The summed E-state index contributed by atoms with van der Waals surface area (Å²) in [5.74, 6) is 0.866. The van der Waals surface area contributed by atoms with Gasteiger partial charge in [0, 0.05) is 12.4 Å². The molecule has 7 rings (SSSR count). The summed E-state index contributed by atoms with van der Waals surface area (Å²) in [4.78, 5) is 4.41. The molecule has 0 amide bonds. The number of hydrogen-bond donors (Lipinski definition) is 0. The molecule has 0 unspecified atom stereocenters. The Morgan fingerprint density at radius 3 is 1.64 bits per heavy atom. The van der Waals surface area contributed by atoms with Crippen molar-refractivity contribution < 1.29 is 0 Å². The van der Waals surface area contributed by atoms with Gasteiger partial charge in [-0.3, -0.25) is 0 Å². The molecule has 45 heavy (non-hydrogen) atoms. The Kier molecular flexibility index (Phi) is 10.2. The van der Waals surface area contributed by atoms with Gasteiger partial charge < -0.3 is 4.57 Å². The second-order valence-electron chi connectivity index (χ2n) is 12.3. The van der Waals surface area contributed by atoms with Crippen LogP contribution in [0.3, 0.4) is 0 Å². The van der Waals surface area contributed by atoms with Crippen molar-refractivity contribution in [3.8, 4) is 0 Å². The second kappa shape index (κ2) is 15.1. The number of nitrogens with zero attached hydrogens (tertiary/aromatic N) is 2. The van der Waals surface area contributed by atoms with Gasteiger partial charge in [-0.25, -0.2) is 4.98 Å². The van der Waals surface area contributed by atoms with E-state index >= 15 is 0 Å². The first-order valence-electron chi connectivity index (χ1n) is 16.5. The van der Waals surface area contributed by atoms with E-state index in [0.29, 0.717) is 6.71 Å². The zero-order chi connectivity index (χ0) is 30.7. The van der Waals surface area contributed by atoms with Crippen molar-refractivity contribution in [1.29, 1.82) is 0 Å². The summed E-state index contributed by atoms with van der Waals surface area (Å²) in [5.41, 5.74) is 7.03. The van der Waals surface area contributed by atoms with Crippen molar-refractivity contribution in [1.82, 2.24) is 9.55 Å². The molecule has 0 bridgehead atoms. The minimum atomic E-state index is -0.782. The van der Waals surface area contributed by atoms with Gasteiger partial charge in [0.25, 0.3) is 0 Å². The Bertz CT molecular complexity index is 1610. The highest BCUT2D eigenvalue weighted by Crippen LogP contribution is 2.38. The molecule has 1 saturated carbocycles. The van der Waals surface area contributed by atoms with Crippen LogP contribution in [0.1, 0.15) is 49.3 Å². The van der Waals surface area contributed by atoms with Crippen molar-refractivity contribution >= 4 is 32.3 Å². The summed E-state index contributed by atoms with van der Waals surface area (Å²) in [7, 11) is -0.782. The summed E-state index contributed by atoms with van der Waals surface area (Å²) >= 11 is 0. The molecular weight excluding hydrogens is 559 g/mol. The smallest absolute Gasteiger partial charge is 0.212 e. The van der Waals surface area contributed by atoms with Gasteiger partial charge in [0.05, 0.1) is 21.0 Å². The number of rotatable bonds is 11. The Balaban J connectivity index is 0.000000187. The van der Waals surface area contributed by atoms with Crippen molar-refractivity contribution in [2.45, 2.75) is 50.0 Å². The van der Waals surface area contributed by atoms with E-state index in [-0.39, 0.29) is 5.16 Å². The average molecular weight is 603 g/mol. The molecule has 4 heteroatoms. The van der Waals surface area contributed by atoms with E-state index in [1.165, 1.54) is 64.9 Å². The molecule has 0 N–H and O–H groups in total. The number of unbranched alkanes of at least 4 members (excludes halogenated alkanes) is 1. The van der Waals surface area contributed by atoms with Gasteiger partial charge in [0.1, 0.15) is 0 Å². The molecule has 0 atom stereocenters. The fraction of sp³-hybridized carbons (Fsp3) is 0.195. The summed E-state index contributed by atoms with van der Waals surface area (Å²) in [5, 5.41) is 1.26. The van der Waals surface area contributed by atoms with E-state index in [2.05, 4.69) is 168 Å². The van der Waals surface area contributed by atoms with E-state index in [4.69, 9.17) is 0 Å². The molecule has 0 aliphatic heterocycles. The maximum Gasteiger partial charge on any atom is 0.212 e. The van der Waals surface area contributed by atoms with Crippen molar-refractivity contribution in [2.24, 2.45) is 0 Å². The van der Waals surface area contributed by atoms with Crippen LogP contribution in [-0.4, -0.2) is 25.8 Å². The van der Waals surface area contributed by atoms with Crippen LogP contribution < -0.4 is 16.1 Å². The molecule has 224 valence electrons. The van der Waals surface area contributed by atoms with Crippen LogP contribution in [-0.2, 0) is 11.6 Å². The van der Waals surface area contributed by atoms with Gasteiger partial charge in [-0.05, 0) is 29.5 Å². The molecule has 1 fully saturated rings. The maximum absolute atomic E-state index is 4.41. The van der Waals surface area contributed by atoms with E-state index in [1.54, 1.807) is 0 Å². The van der Waals surface area contributed by atoms with E-state index in [0.717, 1.165) is 5.82 Å². The lowest BCUT2D eigenvalue weighted by molar-refractivity contribution is 0.596. The van der Waals surface area contributed by atoms with Gasteiger partial charge in [-0.1, -0.05) is 194 Å². The van der Waals surface area contributed by atoms with Gasteiger partial charge >= 0.3 is 0 Å². The first-order chi connectivity index (χ1) is 22.3. The van der Waals surface area contributed by atoms with Crippen LogP contribution in [0.15, 0.2) is 164 Å². The van der Waals surface area contributed by atoms with Gasteiger partial charge in [-0.15, -0.1) is 0 Å². The normalized spacial score (nSPS) is 12.9. The lowest BCUT2D eigenvalue weighted by Gasteiger charge is -2.37. The first-order valence-corrected chi connectivity index (χ1v) is 18.0. The van der Waals surface area contributed by atoms with Gasteiger partial charge in [-0.2, -0.15) is 0 Å². The molecular formula is C41H43BN2Si. The third kappa shape index (κ3) is 7.46. The molecule has 1 aliphatic rings. The monoisotopic (exact) mass is 602 g/mol. The van der Waals surface area contributed by atoms with Crippen LogP contribution in [0.5, 0.6) is 0 Å². The third-order valence-corrected chi connectivity index (χ3v) is 11.7. The molecule has 0 spiro atoms. The predicted octanol–water partition coefficient (Wildman–Crippen LogP) is 6.93. The topological polar surface area (TPSA) is 17.8 Å². The minimum Gasteiger partial charge on any atom is -0.326 e. The molecule has 1 heterocycles. The Hall–Kier alpha value is -4.41. The number of aryl methyl sites for hydroxylation is 1. The Morgan fingerprint density at radius 2 is 1.20 bits per heavy atom. The van der Waals surface area contributed by atoms with Gasteiger partial charge in [0.15, 0.2) is 0 Å². The highest BCUT2D eigenvalue weighted by Gasteiger charge is 2.37. The zero-order valence-corrected chi connectivity index (χ0v) is 27.8. The minimum absolute atomic E-state index is 0.204. The average Bonchev–Trinajstić information content (AvgIpc) is 3.79. The van der Waals surface area contributed by atoms with E-state index in [1.807, 2.05) is 12.5 Å². The van der Waals surface area contributed by atoms with Crippen LogP contribution in [0.4, 0.5) is 0 Å². The van der Waals surface area contributed by atoms with Gasteiger partial charge in [0.2, 0.25) is 6.71 Å². The highest BCUT2D eigenvalue weighted by atomic mass is 28.2. The third-order valence-electron chi connectivity index (χ3n) is 9.16.